The molecule has 0 heterocycles. The maximum absolute atomic E-state index is 10.8. The fourth-order valence-electron chi connectivity index (χ4n) is 2.57. The summed E-state index contributed by atoms with van der Waals surface area (Å²) in [7, 11) is 0. The zero-order chi connectivity index (χ0) is 11.8. The Morgan fingerprint density at radius 3 is 2.56 bits per heavy atom. The van der Waals surface area contributed by atoms with Gasteiger partial charge in [0.2, 0.25) is 0 Å². The summed E-state index contributed by atoms with van der Waals surface area (Å²) in [6, 6.07) is 9.39. The minimum atomic E-state index is -1.13. The molecule has 1 saturated carbocycles. The molecule has 0 bridgehead atoms. The van der Waals surface area contributed by atoms with E-state index in [1.165, 1.54) is 0 Å². The van der Waals surface area contributed by atoms with Crippen molar-refractivity contribution in [1.82, 2.24) is 0 Å². The van der Waals surface area contributed by atoms with E-state index >= 15 is 0 Å². The number of hydrogen-bond acceptors (Lipinski definition) is 3. The van der Waals surface area contributed by atoms with E-state index in [4.69, 9.17) is 5.73 Å². The molecule has 0 saturated heterocycles. The van der Waals surface area contributed by atoms with Crippen LogP contribution in [0.15, 0.2) is 30.3 Å². The lowest BCUT2D eigenvalue weighted by Gasteiger charge is -2.49. The summed E-state index contributed by atoms with van der Waals surface area (Å²) >= 11 is 0. The highest BCUT2D eigenvalue weighted by molar-refractivity contribution is 5.28. The van der Waals surface area contributed by atoms with Gasteiger partial charge in [0.15, 0.2) is 0 Å². The number of nitrogens with two attached hydrogens (primary N) is 1. The highest BCUT2D eigenvalue weighted by Crippen LogP contribution is 2.42. The van der Waals surface area contributed by atoms with Crippen molar-refractivity contribution in [3.8, 4) is 0 Å². The zero-order valence-electron chi connectivity index (χ0n) is 9.56. The van der Waals surface area contributed by atoms with E-state index in [0.29, 0.717) is 12.8 Å². The molecule has 0 spiro atoms. The summed E-state index contributed by atoms with van der Waals surface area (Å²) < 4.78 is 0. The summed E-state index contributed by atoms with van der Waals surface area (Å²) in [6.45, 7) is 1.73. The summed E-state index contributed by atoms with van der Waals surface area (Å²) in [4.78, 5) is 0. The molecule has 0 aromatic heterocycles. The Bertz CT molecular complexity index is 363. The Morgan fingerprint density at radius 1 is 1.31 bits per heavy atom. The van der Waals surface area contributed by atoms with Crippen LogP contribution in [-0.2, 0) is 5.60 Å². The van der Waals surface area contributed by atoms with Gasteiger partial charge in [0.1, 0.15) is 5.60 Å². The van der Waals surface area contributed by atoms with Gasteiger partial charge in [-0.25, -0.2) is 0 Å². The molecule has 1 fully saturated rings. The second kappa shape index (κ2) is 3.84. The van der Waals surface area contributed by atoms with Gasteiger partial charge >= 0.3 is 0 Å². The van der Waals surface area contributed by atoms with Crippen molar-refractivity contribution in [1.29, 1.82) is 0 Å². The van der Waals surface area contributed by atoms with Gasteiger partial charge < -0.3 is 15.9 Å². The third-order valence-corrected chi connectivity index (χ3v) is 3.85. The van der Waals surface area contributed by atoms with Crippen molar-refractivity contribution in [3.63, 3.8) is 0 Å². The minimum Gasteiger partial charge on any atom is -0.391 e. The van der Waals surface area contributed by atoms with E-state index in [0.717, 1.165) is 12.0 Å². The first-order valence-corrected chi connectivity index (χ1v) is 5.73. The predicted molar refractivity (Wildman–Crippen MR) is 62.8 cm³/mol. The van der Waals surface area contributed by atoms with Crippen LogP contribution in [-0.4, -0.2) is 21.9 Å². The smallest absolute Gasteiger partial charge is 0.110 e. The highest BCUT2D eigenvalue weighted by atomic mass is 16.3. The van der Waals surface area contributed by atoms with Crippen LogP contribution in [0.4, 0.5) is 0 Å². The van der Waals surface area contributed by atoms with Crippen LogP contribution in [0.1, 0.15) is 31.7 Å². The van der Waals surface area contributed by atoms with Gasteiger partial charge in [-0.05, 0) is 31.7 Å². The molecule has 3 nitrogen and oxygen atoms in total. The molecule has 0 aliphatic heterocycles. The van der Waals surface area contributed by atoms with E-state index < -0.39 is 17.2 Å². The zero-order valence-corrected chi connectivity index (χ0v) is 9.56. The van der Waals surface area contributed by atoms with E-state index in [1.54, 1.807) is 6.92 Å². The first kappa shape index (κ1) is 11.6. The summed E-state index contributed by atoms with van der Waals surface area (Å²) in [6.07, 6.45) is 1.38. The quantitative estimate of drug-likeness (QED) is 0.666. The monoisotopic (exact) mass is 221 g/mol. The fraction of sp³-hybridized carbons (Fsp3) is 0.538. The van der Waals surface area contributed by atoms with Crippen LogP contribution in [0, 0.1) is 0 Å². The Labute approximate surface area is 95.9 Å². The van der Waals surface area contributed by atoms with Crippen molar-refractivity contribution >= 4 is 0 Å². The van der Waals surface area contributed by atoms with Crippen LogP contribution in [0.5, 0.6) is 0 Å². The lowest BCUT2D eigenvalue weighted by atomic mass is 9.66. The van der Waals surface area contributed by atoms with Gasteiger partial charge in [-0.2, -0.15) is 0 Å². The van der Waals surface area contributed by atoms with Crippen LogP contribution >= 0.6 is 0 Å². The molecule has 1 aliphatic carbocycles. The molecule has 3 unspecified atom stereocenters. The molecule has 16 heavy (non-hydrogen) atoms. The molecule has 3 heteroatoms. The first-order chi connectivity index (χ1) is 7.48. The highest BCUT2D eigenvalue weighted by Gasteiger charge is 2.52. The lowest BCUT2D eigenvalue weighted by Crippen LogP contribution is -2.65. The second-order valence-corrected chi connectivity index (χ2v) is 4.92. The molecule has 1 aromatic rings. The maximum Gasteiger partial charge on any atom is 0.110 e. The van der Waals surface area contributed by atoms with Gasteiger partial charge in [0, 0.05) is 0 Å². The first-order valence-electron chi connectivity index (χ1n) is 5.73. The summed E-state index contributed by atoms with van der Waals surface area (Å²) in [5, 5.41) is 20.7. The molecule has 4 N–H and O–H groups in total. The summed E-state index contributed by atoms with van der Waals surface area (Å²) in [5.41, 5.74) is 4.80. The predicted octanol–water partition coefficient (Wildman–Crippen LogP) is 1.14. The standard InChI is InChI=1S/C13H19NO2/c1-12(14)11(15)8-5-9-13(12,16)10-6-3-2-4-7-10/h2-4,6-7,11,15-16H,5,8-9,14H2,1H3. The molecular formula is C13H19NO2. The Balaban J connectivity index is 2.43. The van der Waals surface area contributed by atoms with Gasteiger partial charge in [-0.1, -0.05) is 30.3 Å². The summed E-state index contributed by atoms with van der Waals surface area (Å²) in [5.74, 6) is 0. The molecule has 3 atom stereocenters. The van der Waals surface area contributed by atoms with Crippen molar-refractivity contribution in [2.24, 2.45) is 5.73 Å². The number of aliphatic hydroxyl groups excluding tert-OH is 1. The molecule has 1 aromatic carbocycles. The van der Waals surface area contributed by atoms with E-state index in [9.17, 15) is 10.2 Å². The molecule has 88 valence electrons. The average Bonchev–Trinajstić information content (AvgIpc) is 2.28. The number of aliphatic hydroxyl groups is 2. The maximum atomic E-state index is 10.8. The molecule has 0 radical (unpaired) electrons. The SMILES string of the molecule is CC1(N)C(O)CCCC1(O)c1ccccc1. The fourth-order valence-corrected chi connectivity index (χ4v) is 2.57. The van der Waals surface area contributed by atoms with Crippen LogP contribution in [0.3, 0.4) is 0 Å². The van der Waals surface area contributed by atoms with Crippen molar-refractivity contribution < 1.29 is 10.2 Å². The van der Waals surface area contributed by atoms with Crippen LogP contribution in [0.2, 0.25) is 0 Å². The Kier molecular flexibility index (Phi) is 2.78. The Morgan fingerprint density at radius 2 is 1.94 bits per heavy atom. The molecule has 2 rings (SSSR count). The van der Waals surface area contributed by atoms with Gasteiger partial charge in [-0.3, -0.25) is 0 Å². The second-order valence-electron chi connectivity index (χ2n) is 4.92. The van der Waals surface area contributed by atoms with Gasteiger partial charge in [0.05, 0.1) is 11.6 Å². The van der Waals surface area contributed by atoms with Crippen LogP contribution in [0.25, 0.3) is 0 Å². The third-order valence-electron chi connectivity index (χ3n) is 3.85. The number of benzene rings is 1. The van der Waals surface area contributed by atoms with Crippen molar-refractivity contribution in [2.45, 2.75) is 43.4 Å². The van der Waals surface area contributed by atoms with Crippen molar-refractivity contribution in [3.05, 3.63) is 35.9 Å². The van der Waals surface area contributed by atoms with Crippen LogP contribution < -0.4 is 5.73 Å². The third kappa shape index (κ3) is 1.56. The van der Waals surface area contributed by atoms with E-state index in [1.807, 2.05) is 30.3 Å². The number of rotatable bonds is 1. The van der Waals surface area contributed by atoms with E-state index in [2.05, 4.69) is 0 Å². The molecular weight excluding hydrogens is 202 g/mol. The van der Waals surface area contributed by atoms with Gasteiger partial charge in [0.25, 0.3) is 0 Å². The topological polar surface area (TPSA) is 66.5 Å². The molecule has 1 aliphatic rings. The van der Waals surface area contributed by atoms with Gasteiger partial charge in [-0.15, -0.1) is 0 Å². The largest absolute Gasteiger partial charge is 0.391 e. The van der Waals surface area contributed by atoms with Crippen molar-refractivity contribution in [2.75, 3.05) is 0 Å². The average molecular weight is 221 g/mol. The van der Waals surface area contributed by atoms with E-state index in [-0.39, 0.29) is 0 Å². The normalized spacial score (nSPS) is 39.6. The Hall–Kier alpha value is -0.900. The molecule has 0 amide bonds. The lowest BCUT2D eigenvalue weighted by molar-refractivity contribution is -0.119. The minimum absolute atomic E-state index is 0.598. The number of hydrogen-bond donors (Lipinski definition) is 3.